The predicted octanol–water partition coefficient (Wildman–Crippen LogP) is 0.175. The van der Waals surface area contributed by atoms with E-state index in [9.17, 15) is 13.2 Å². The van der Waals surface area contributed by atoms with Crippen LogP contribution in [-0.4, -0.2) is 58.6 Å². The van der Waals surface area contributed by atoms with Crippen LogP contribution in [0, 0.1) is 0 Å². The SMILES string of the molecule is COCCNS(=O)(=O)c1cccc(C(=O)N2CCCC2CN)c1. The van der Waals surface area contributed by atoms with Gasteiger partial charge in [-0.2, -0.15) is 0 Å². The first-order chi connectivity index (χ1) is 11.0. The lowest BCUT2D eigenvalue weighted by Gasteiger charge is -2.23. The van der Waals surface area contributed by atoms with Gasteiger partial charge in [0, 0.05) is 38.3 Å². The van der Waals surface area contributed by atoms with Crippen molar-refractivity contribution in [3.8, 4) is 0 Å². The van der Waals surface area contributed by atoms with E-state index in [0.29, 0.717) is 18.7 Å². The molecular weight excluding hydrogens is 318 g/mol. The van der Waals surface area contributed by atoms with Gasteiger partial charge in [-0.25, -0.2) is 13.1 Å². The summed E-state index contributed by atoms with van der Waals surface area (Å²) in [4.78, 5) is 14.4. The van der Waals surface area contributed by atoms with Gasteiger partial charge < -0.3 is 15.4 Å². The highest BCUT2D eigenvalue weighted by Crippen LogP contribution is 2.20. The van der Waals surface area contributed by atoms with E-state index in [2.05, 4.69) is 4.72 Å². The second-order valence-corrected chi connectivity index (χ2v) is 7.22. The van der Waals surface area contributed by atoms with Crippen molar-refractivity contribution in [1.82, 2.24) is 9.62 Å². The summed E-state index contributed by atoms with van der Waals surface area (Å²) in [7, 11) is -2.16. The molecule has 1 aromatic carbocycles. The molecule has 128 valence electrons. The maximum atomic E-state index is 12.6. The fourth-order valence-corrected chi connectivity index (χ4v) is 3.73. The highest BCUT2D eigenvalue weighted by atomic mass is 32.2. The maximum Gasteiger partial charge on any atom is 0.254 e. The van der Waals surface area contributed by atoms with Crippen molar-refractivity contribution < 1.29 is 17.9 Å². The van der Waals surface area contributed by atoms with Crippen LogP contribution in [0.1, 0.15) is 23.2 Å². The monoisotopic (exact) mass is 341 g/mol. The molecule has 1 aromatic rings. The number of hydrogen-bond acceptors (Lipinski definition) is 5. The molecule has 0 saturated carbocycles. The Morgan fingerprint density at radius 2 is 2.26 bits per heavy atom. The van der Waals surface area contributed by atoms with Crippen LogP contribution in [0.25, 0.3) is 0 Å². The summed E-state index contributed by atoms with van der Waals surface area (Å²) in [6.07, 6.45) is 1.81. The lowest BCUT2D eigenvalue weighted by Crippen LogP contribution is -2.40. The van der Waals surface area contributed by atoms with Crippen LogP contribution in [0.3, 0.4) is 0 Å². The number of benzene rings is 1. The lowest BCUT2D eigenvalue weighted by atomic mass is 10.1. The molecule has 1 aliphatic rings. The number of nitrogens with one attached hydrogen (secondary N) is 1. The molecule has 23 heavy (non-hydrogen) atoms. The van der Waals surface area contributed by atoms with Crippen LogP contribution in [0.2, 0.25) is 0 Å². The first-order valence-electron chi connectivity index (χ1n) is 7.59. The smallest absolute Gasteiger partial charge is 0.254 e. The van der Waals surface area contributed by atoms with E-state index in [1.54, 1.807) is 17.0 Å². The molecule has 2 rings (SSSR count). The molecule has 1 heterocycles. The number of ether oxygens (including phenoxy) is 1. The van der Waals surface area contributed by atoms with E-state index in [1.807, 2.05) is 0 Å². The lowest BCUT2D eigenvalue weighted by molar-refractivity contribution is 0.0741. The molecule has 0 bridgehead atoms. The van der Waals surface area contributed by atoms with Crippen LogP contribution in [0.15, 0.2) is 29.2 Å². The van der Waals surface area contributed by atoms with Crippen molar-refractivity contribution in [3.05, 3.63) is 29.8 Å². The van der Waals surface area contributed by atoms with E-state index < -0.39 is 10.0 Å². The van der Waals surface area contributed by atoms with Gasteiger partial charge in [0.15, 0.2) is 0 Å². The van der Waals surface area contributed by atoms with Crippen LogP contribution in [0.5, 0.6) is 0 Å². The van der Waals surface area contributed by atoms with Crippen molar-refractivity contribution in [2.45, 2.75) is 23.8 Å². The number of amides is 1. The topological polar surface area (TPSA) is 102 Å². The van der Waals surface area contributed by atoms with Crippen LogP contribution in [0.4, 0.5) is 0 Å². The number of carbonyl (C=O) groups excluding carboxylic acids is 1. The fourth-order valence-electron chi connectivity index (χ4n) is 2.67. The van der Waals surface area contributed by atoms with E-state index in [-0.39, 0.29) is 30.0 Å². The van der Waals surface area contributed by atoms with Gasteiger partial charge in [-0.05, 0) is 31.0 Å². The molecule has 1 aliphatic heterocycles. The molecule has 7 nitrogen and oxygen atoms in total. The normalized spacial score (nSPS) is 18.3. The Morgan fingerprint density at radius 3 is 2.96 bits per heavy atom. The van der Waals surface area contributed by atoms with Crippen molar-refractivity contribution >= 4 is 15.9 Å². The summed E-state index contributed by atoms with van der Waals surface area (Å²) in [6.45, 7) is 1.54. The third-order valence-electron chi connectivity index (χ3n) is 3.90. The minimum Gasteiger partial charge on any atom is -0.383 e. The number of sulfonamides is 1. The summed E-state index contributed by atoms with van der Waals surface area (Å²) < 4.78 is 31.7. The average Bonchev–Trinajstić information content (AvgIpc) is 3.03. The van der Waals surface area contributed by atoms with E-state index in [1.165, 1.54) is 19.2 Å². The third kappa shape index (κ3) is 4.29. The van der Waals surface area contributed by atoms with Gasteiger partial charge in [0.1, 0.15) is 0 Å². The van der Waals surface area contributed by atoms with Crippen LogP contribution >= 0.6 is 0 Å². The number of hydrogen-bond donors (Lipinski definition) is 2. The molecule has 1 unspecified atom stereocenters. The van der Waals surface area contributed by atoms with Gasteiger partial charge in [0.25, 0.3) is 5.91 Å². The maximum absolute atomic E-state index is 12.6. The van der Waals surface area contributed by atoms with Crippen molar-refractivity contribution in [1.29, 1.82) is 0 Å². The zero-order chi connectivity index (χ0) is 16.9. The standard InChI is InChI=1S/C15H23N3O4S/c1-22-9-7-17-23(20,21)14-6-2-4-12(10-14)15(19)18-8-3-5-13(18)11-16/h2,4,6,10,13,17H,3,5,7-9,11,16H2,1H3. The van der Waals surface area contributed by atoms with Gasteiger partial charge in [0.2, 0.25) is 10.0 Å². The molecule has 1 saturated heterocycles. The molecule has 1 fully saturated rings. The molecule has 0 aliphatic carbocycles. The Balaban J connectivity index is 2.17. The van der Waals surface area contributed by atoms with Gasteiger partial charge in [-0.3, -0.25) is 4.79 Å². The van der Waals surface area contributed by atoms with Crippen molar-refractivity contribution in [2.75, 3.05) is 33.4 Å². The zero-order valence-electron chi connectivity index (χ0n) is 13.2. The Morgan fingerprint density at radius 1 is 1.48 bits per heavy atom. The summed E-state index contributed by atoms with van der Waals surface area (Å²) in [5, 5.41) is 0. The Hall–Kier alpha value is -1.48. The highest BCUT2D eigenvalue weighted by molar-refractivity contribution is 7.89. The molecule has 8 heteroatoms. The molecule has 1 atom stereocenters. The second-order valence-electron chi connectivity index (χ2n) is 5.45. The summed E-state index contributed by atoms with van der Waals surface area (Å²) in [5.74, 6) is -0.174. The van der Waals surface area contributed by atoms with Gasteiger partial charge in [0.05, 0.1) is 11.5 Å². The van der Waals surface area contributed by atoms with Crippen LogP contribution in [-0.2, 0) is 14.8 Å². The molecular formula is C15H23N3O4S. The van der Waals surface area contributed by atoms with E-state index in [4.69, 9.17) is 10.5 Å². The Bertz CT molecular complexity index is 648. The largest absolute Gasteiger partial charge is 0.383 e. The van der Waals surface area contributed by atoms with E-state index in [0.717, 1.165) is 12.8 Å². The minimum absolute atomic E-state index is 0.0302. The quantitative estimate of drug-likeness (QED) is 0.689. The van der Waals surface area contributed by atoms with Crippen molar-refractivity contribution in [3.63, 3.8) is 0 Å². The first kappa shape index (κ1) is 17.9. The Kier molecular flexibility index (Phi) is 6.11. The van der Waals surface area contributed by atoms with Crippen molar-refractivity contribution in [2.24, 2.45) is 5.73 Å². The first-order valence-corrected chi connectivity index (χ1v) is 9.07. The number of methoxy groups -OCH3 is 1. The number of nitrogens with zero attached hydrogens (tertiary/aromatic N) is 1. The number of rotatable bonds is 7. The summed E-state index contributed by atoms with van der Waals surface area (Å²) in [5.41, 5.74) is 6.06. The number of likely N-dealkylation sites (tertiary alicyclic amines) is 1. The fraction of sp³-hybridized carbons (Fsp3) is 0.533. The molecule has 0 spiro atoms. The number of nitrogens with two attached hydrogens (primary N) is 1. The molecule has 3 N–H and O–H groups in total. The van der Waals surface area contributed by atoms with Crippen LogP contribution < -0.4 is 10.5 Å². The Labute approximate surface area is 136 Å². The number of carbonyl (C=O) groups is 1. The summed E-state index contributed by atoms with van der Waals surface area (Å²) >= 11 is 0. The average molecular weight is 341 g/mol. The second kappa shape index (κ2) is 7.87. The van der Waals surface area contributed by atoms with Gasteiger partial charge in [-0.15, -0.1) is 0 Å². The zero-order valence-corrected chi connectivity index (χ0v) is 14.0. The minimum atomic E-state index is -3.66. The van der Waals surface area contributed by atoms with E-state index >= 15 is 0 Å². The summed E-state index contributed by atoms with van der Waals surface area (Å²) in [6, 6.07) is 6.11. The molecule has 0 radical (unpaired) electrons. The predicted molar refractivity (Wildman–Crippen MR) is 86.6 cm³/mol. The molecule has 0 aromatic heterocycles. The van der Waals surface area contributed by atoms with Gasteiger partial charge in [-0.1, -0.05) is 6.07 Å². The van der Waals surface area contributed by atoms with Gasteiger partial charge >= 0.3 is 0 Å². The third-order valence-corrected chi connectivity index (χ3v) is 5.36. The highest BCUT2D eigenvalue weighted by Gasteiger charge is 2.28. The molecule has 1 amide bonds.